The van der Waals surface area contributed by atoms with Crippen LogP contribution < -0.4 is 10.6 Å². The predicted molar refractivity (Wildman–Crippen MR) is 71.1 cm³/mol. The summed E-state index contributed by atoms with van der Waals surface area (Å²) in [7, 11) is 3.60. The highest BCUT2D eigenvalue weighted by Crippen LogP contribution is 1.96. The summed E-state index contributed by atoms with van der Waals surface area (Å²) in [5.74, 6) is 0.809. The van der Waals surface area contributed by atoms with Crippen LogP contribution in [0, 0.1) is 0 Å². The molecule has 78 valence electrons. The molecule has 0 aliphatic heterocycles. The molecule has 1 rings (SSSR count). The molecule has 0 saturated heterocycles. The van der Waals surface area contributed by atoms with Crippen LogP contribution in [0.25, 0.3) is 0 Å². The Bertz CT molecular complexity index is 272. The van der Waals surface area contributed by atoms with Gasteiger partial charge in [0.25, 0.3) is 0 Å². The number of nitrogens with zero attached hydrogens (tertiary/aromatic N) is 1. The number of rotatable bonds is 2. The van der Waals surface area contributed by atoms with Crippen LogP contribution in [0.4, 0.5) is 0 Å². The van der Waals surface area contributed by atoms with Gasteiger partial charge in [-0.3, -0.25) is 4.99 Å². The Balaban J connectivity index is 0.00000169. The Labute approximate surface area is 102 Å². The van der Waals surface area contributed by atoms with Crippen LogP contribution in [0.3, 0.4) is 0 Å². The van der Waals surface area contributed by atoms with Crippen molar-refractivity contribution in [3.63, 3.8) is 0 Å². The second kappa shape index (κ2) is 7.61. The first-order chi connectivity index (χ1) is 6.36. The molecule has 14 heavy (non-hydrogen) atoms. The molecule has 0 unspecified atom stereocenters. The third-order valence-corrected chi connectivity index (χ3v) is 1.76. The molecule has 1 aromatic rings. The molecule has 0 fully saturated rings. The quantitative estimate of drug-likeness (QED) is 0.495. The zero-order valence-corrected chi connectivity index (χ0v) is 10.8. The van der Waals surface area contributed by atoms with Gasteiger partial charge < -0.3 is 10.6 Å². The summed E-state index contributed by atoms with van der Waals surface area (Å²) < 4.78 is 0. The van der Waals surface area contributed by atoms with Gasteiger partial charge in [0.05, 0.1) is 0 Å². The van der Waals surface area contributed by atoms with Crippen molar-refractivity contribution >= 4 is 29.9 Å². The highest BCUT2D eigenvalue weighted by atomic mass is 127. The van der Waals surface area contributed by atoms with Gasteiger partial charge in [0.1, 0.15) is 0 Å². The summed E-state index contributed by atoms with van der Waals surface area (Å²) in [6.07, 6.45) is 0. The molecule has 4 heteroatoms. The van der Waals surface area contributed by atoms with Crippen molar-refractivity contribution in [2.24, 2.45) is 4.99 Å². The second-order valence-corrected chi connectivity index (χ2v) is 2.66. The lowest BCUT2D eigenvalue weighted by Gasteiger charge is -2.07. The fourth-order valence-corrected chi connectivity index (χ4v) is 1.06. The van der Waals surface area contributed by atoms with Gasteiger partial charge in [-0.25, -0.2) is 0 Å². The number of aliphatic imine (C=N–C) groups is 1. The summed E-state index contributed by atoms with van der Waals surface area (Å²) in [6.45, 7) is 0.800. The summed E-state index contributed by atoms with van der Waals surface area (Å²) in [6, 6.07) is 10.2. The molecule has 3 nitrogen and oxygen atoms in total. The van der Waals surface area contributed by atoms with Crippen molar-refractivity contribution in [2.75, 3.05) is 14.1 Å². The Morgan fingerprint density at radius 1 is 1.29 bits per heavy atom. The lowest BCUT2D eigenvalue weighted by atomic mass is 10.2. The van der Waals surface area contributed by atoms with Gasteiger partial charge in [-0.15, -0.1) is 24.0 Å². The number of guanidine groups is 1. The predicted octanol–water partition coefficient (Wildman–Crippen LogP) is 1.60. The maximum atomic E-state index is 4.02. The molecule has 0 radical (unpaired) electrons. The van der Waals surface area contributed by atoms with Crippen LogP contribution in [0.1, 0.15) is 5.56 Å². The summed E-state index contributed by atoms with van der Waals surface area (Å²) in [5, 5.41) is 6.14. The fraction of sp³-hybridized carbons (Fsp3) is 0.300. The zero-order chi connectivity index (χ0) is 9.52. The molecule has 0 amide bonds. The summed E-state index contributed by atoms with van der Waals surface area (Å²) >= 11 is 0. The lowest BCUT2D eigenvalue weighted by molar-refractivity contribution is 0.866. The van der Waals surface area contributed by atoms with E-state index in [1.165, 1.54) is 5.56 Å². The average molecular weight is 305 g/mol. The van der Waals surface area contributed by atoms with Gasteiger partial charge in [-0.05, 0) is 5.56 Å². The molecule has 0 saturated carbocycles. The zero-order valence-electron chi connectivity index (χ0n) is 8.45. The second-order valence-electron chi connectivity index (χ2n) is 2.66. The molecule has 0 atom stereocenters. The maximum Gasteiger partial charge on any atom is 0.190 e. The van der Waals surface area contributed by atoms with Crippen molar-refractivity contribution in [1.82, 2.24) is 10.6 Å². The maximum absolute atomic E-state index is 4.02. The van der Waals surface area contributed by atoms with Gasteiger partial charge in [0, 0.05) is 20.6 Å². The smallest absolute Gasteiger partial charge is 0.190 e. The molecule has 0 aliphatic carbocycles. The minimum absolute atomic E-state index is 0. The largest absolute Gasteiger partial charge is 0.359 e. The first-order valence-corrected chi connectivity index (χ1v) is 4.29. The molecular formula is C10H16IN3. The first-order valence-electron chi connectivity index (χ1n) is 4.29. The Hall–Kier alpha value is -0.780. The minimum Gasteiger partial charge on any atom is -0.359 e. The van der Waals surface area contributed by atoms with Crippen molar-refractivity contribution in [3.05, 3.63) is 35.9 Å². The number of hydrogen-bond donors (Lipinski definition) is 2. The number of hydrogen-bond acceptors (Lipinski definition) is 1. The lowest BCUT2D eigenvalue weighted by Crippen LogP contribution is -2.33. The van der Waals surface area contributed by atoms with Crippen molar-refractivity contribution in [2.45, 2.75) is 6.54 Å². The van der Waals surface area contributed by atoms with E-state index in [1.54, 1.807) is 7.05 Å². The van der Waals surface area contributed by atoms with E-state index in [4.69, 9.17) is 0 Å². The van der Waals surface area contributed by atoms with Crippen molar-refractivity contribution < 1.29 is 0 Å². The van der Waals surface area contributed by atoms with Crippen LogP contribution in [0.2, 0.25) is 0 Å². The van der Waals surface area contributed by atoms with Gasteiger partial charge >= 0.3 is 0 Å². The van der Waals surface area contributed by atoms with Gasteiger partial charge in [-0.2, -0.15) is 0 Å². The normalized spacial score (nSPS) is 10.3. The standard InChI is InChI=1S/C10H15N3.HI/c1-11-10(12-2)13-8-9-6-4-3-5-7-9;/h3-7H,8H2,1-2H3,(H2,11,12,13);1H. The van der Waals surface area contributed by atoms with Crippen LogP contribution in [0.5, 0.6) is 0 Å². The highest BCUT2D eigenvalue weighted by Gasteiger charge is 1.93. The van der Waals surface area contributed by atoms with E-state index in [1.807, 2.05) is 25.2 Å². The van der Waals surface area contributed by atoms with Crippen LogP contribution in [-0.4, -0.2) is 20.1 Å². The third kappa shape index (κ3) is 4.45. The van der Waals surface area contributed by atoms with E-state index in [0.29, 0.717) is 0 Å². The van der Waals surface area contributed by atoms with E-state index in [0.717, 1.165) is 12.5 Å². The molecule has 0 aliphatic rings. The molecule has 0 spiro atoms. The molecule has 2 N–H and O–H groups in total. The van der Waals surface area contributed by atoms with E-state index in [9.17, 15) is 0 Å². The van der Waals surface area contributed by atoms with E-state index in [2.05, 4.69) is 27.8 Å². The van der Waals surface area contributed by atoms with Gasteiger partial charge in [0.15, 0.2) is 5.96 Å². The molecule has 0 bridgehead atoms. The Morgan fingerprint density at radius 3 is 2.43 bits per heavy atom. The summed E-state index contributed by atoms with van der Waals surface area (Å²) in [4.78, 5) is 4.02. The topological polar surface area (TPSA) is 36.4 Å². The first kappa shape index (κ1) is 13.2. The Kier molecular flexibility index (Phi) is 7.18. The number of benzene rings is 1. The highest BCUT2D eigenvalue weighted by molar-refractivity contribution is 14.0. The minimum atomic E-state index is 0. The summed E-state index contributed by atoms with van der Waals surface area (Å²) in [5.41, 5.74) is 1.25. The molecule has 0 heterocycles. The van der Waals surface area contributed by atoms with Crippen molar-refractivity contribution in [1.29, 1.82) is 0 Å². The SMILES string of the molecule is CN=C(NC)NCc1ccccc1.I. The Morgan fingerprint density at radius 2 is 1.93 bits per heavy atom. The van der Waals surface area contributed by atoms with Crippen LogP contribution in [-0.2, 0) is 6.54 Å². The van der Waals surface area contributed by atoms with E-state index in [-0.39, 0.29) is 24.0 Å². The molecule has 1 aromatic carbocycles. The third-order valence-electron chi connectivity index (χ3n) is 1.76. The molecule has 0 aromatic heterocycles. The fourth-order valence-electron chi connectivity index (χ4n) is 1.06. The van der Waals surface area contributed by atoms with Crippen LogP contribution in [0.15, 0.2) is 35.3 Å². The van der Waals surface area contributed by atoms with E-state index >= 15 is 0 Å². The number of nitrogens with one attached hydrogen (secondary N) is 2. The van der Waals surface area contributed by atoms with Gasteiger partial charge in [0.2, 0.25) is 0 Å². The average Bonchev–Trinajstić information content (AvgIpc) is 2.21. The van der Waals surface area contributed by atoms with Crippen LogP contribution >= 0.6 is 24.0 Å². The van der Waals surface area contributed by atoms with E-state index < -0.39 is 0 Å². The monoisotopic (exact) mass is 305 g/mol. The number of halogens is 1. The van der Waals surface area contributed by atoms with Crippen molar-refractivity contribution in [3.8, 4) is 0 Å². The molecular weight excluding hydrogens is 289 g/mol. The van der Waals surface area contributed by atoms with Gasteiger partial charge in [-0.1, -0.05) is 30.3 Å².